The van der Waals surface area contributed by atoms with Crippen LogP contribution < -0.4 is 4.90 Å². The molecule has 0 N–H and O–H groups in total. The topological polar surface area (TPSA) is 70.4 Å². The minimum Gasteiger partial charge on any atom is -0.455 e. The van der Waals surface area contributed by atoms with Gasteiger partial charge in [-0.05, 0) is 61.4 Å². The molecule has 28 heavy (non-hydrogen) atoms. The van der Waals surface area contributed by atoms with Crippen molar-refractivity contribution in [2.75, 3.05) is 23.8 Å². The fraction of sp³-hybridized carbons (Fsp3) is 0.286. The highest BCUT2D eigenvalue weighted by molar-refractivity contribution is 8.00. The molecular formula is C21H21ClN2O3S. The molecule has 7 heteroatoms. The molecule has 0 unspecified atom stereocenters. The van der Waals surface area contributed by atoms with Gasteiger partial charge < -0.3 is 9.64 Å². The van der Waals surface area contributed by atoms with Crippen LogP contribution in [0.3, 0.4) is 0 Å². The number of carbonyl (C=O) groups excluding carboxylic acids is 2. The number of nitriles is 1. The summed E-state index contributed by atoms with van der Waals surface area (Å²) in [4.78, 5) is 27.0. The van der Waals surface area contributed by atoms with E-state index in [0.29, 0.717) is 10.7 Å². The van der Waals surface area contributed by atoms with Crippen LogP contribution in [0.5, 0.6) is 0 Å². The Bertz CT molecular complexity index is 858. The van der Waals surface area contributed by atoms with Crippen LogP contribution in [0, 0.1) is 25.2 Å². The molecule has 0 aliphatic carbocycles. The molecule has 0 radical (unpaired) electrons. The molecule has 1 amide bonds. The van der Waals surface area contributed by atoms with Crippen molar-refractivity contribution < 1.29 is 14.3 Å². The normalized spacial score (nSPS) is 10.2. The van der Waals surface area contributed by atoms with E-state index in [4.69, 9.17) is 21.6 Å². The first-order valence-electron chi connectivity index (χ1n) is 8.68. The number of ether oxygens (including phenoxy) is 1. The maximum Gasteiger partial charge on any atom is 0.316 e. The zero-order chi connectivity index (χ0) is 20.5. The highest BCUT2D eigenvalue weighted by Crippen LogP contribution is 2.21. The minimum absolute atomic E-state index is 0.0939. The van der Waals surface area contributed by atoms with E-state index in [9.17, 15) is 9.59 Å². The summed E-state index contributed by atoms with van der Waals surface area (Å²) >= 11 is 7.14. The van der Waals surface area contributed by atoms with Gasteiger partial charge in [0, 0.05) is 22.2 Å². The van der Waals surface area contributed by atoms with Crippen molar-refractivity contribution in [3.05, 3.63) is 58.6 Å². The van der Waals surface area contributed by atoms with E-state index < -0.39 is 5.97 Å². The zero-order valence-electron chi connectivity index (χ0n) is 15.8. The molecule has 0 fully saturated rings. The third-order valence-electron chi connectivity index (χ3n) is 3.79. The van der Waals surface area contributed by atoms with Gasteiger partial charge in [0.05, 0.1) is 18.2 Å². The Morgan fingerprint density at radius 2 is 1.79 bits per heavy atom. The molecule has 2 rings (SSSR count). The van der Waals surface area contributed by atoms with Crippen molar-refractivity contribution in [2.45, 2.75) is 25.2 Å². The number of esters is 1. The second kappa shape index (κ2) is 10.7. The van der Waals surface area contributed by atoms with Crippen molar-refractivity contribution in [3.63, 3.8) is 0 Å². The average molecular weight is 417 g/mol. The second-order valence-corrected chi connectivity index (χ2v) is 7.69. The Morgan fingerprint density at radius 3 is 2.39 bits per heavy atom. The maximum atomic E-state index is 12.6. The van der Waals surface area contributed by atoms with Crippen molar-refractivity contribution in [1.29, 1.82) is 5.26 Å². The highest BCUT2D eigenvalue weighted by atomic mass is 35.5. The molecule has 2 aromatic carbocycles. The lowest BCUT2D eigenvalue weighted by Crippen LogP contribution is -2.35. The monoisotopic (exact) mass is 416 g/mol. The van der Waals surface area contributed by atoms with Gasteiger partial charge in [-0.2, -0.15) is 5.26 Å². The summed E-state index contributed by atoms with van der Waals surface area (Å²) in [5, 5.41) is 9.51. The Morgan fingerprint density at radius 1 is 1.14 bits per heavy atom. The SMILES string of the molecule is Cc1cc(C)cc(N(CCC#N)C(=O)COC(=O)CSc2ccc(Cl)cc2)c1. The molecule has 0 saturated carbocycles. The molecule has 0 bridgehead atoms. The summed E-state index contributed by atoms with van der Waals surface area (Å²) < 4.78 is 5.13. The van der Waals surface area contributed by atoms with Crippen molar-refractivity contribution >= 4 is 40.9 Å². The minimum atomic E-state index is -0.478. The summed E-state index contributed by atoms with van der Waals surface area (Å²) in [5.41, 5.74) is 2.73. The largest absolute Gasteiger partial charge is 0.455 e. The molecule has 2 aromatic rings. The number of hydrogen-bond donors (Lipinski definition) is 0. The Labute approximate surface area is 174 Å². The van der Waals surface area contributed by atoms with Crippen LogP contribution in [0.15, 0.2) is 47.4 Å². The molecule has 0 heterocycles. The van der Waals surface area contributed by atoms with Gasteiger partial charge in [0.2, 0.25) is 0 Å². The van der Waals surface area contributed by atoms with E-state index >= 15 is 0 Å². The maximum absolute atomic E-state index is 12.6. The molecule has 0 spiro atoms. The number of rotatable bonds is 8. The number of benzene rings is 2. The number of aryl methyl sites for hydroxylation is 2. The average Bonchev–Trinajstić information content (AvgIpc) is 2.65. The van der Waals surface area contributed by atoms with Crippen molar-refractivity contribution in [2.24, 2.45) is 0 Å². The summed E-state index contributed by atoms with van der Waals surface area (Å²) in [6.45, 7) is 3.77. The smallest absolute Gasteiger partial charge is 0.316 e. The van der Waals surface area contributed by atoms with Gasteiger partial charge >= 0.3 is 5.97 Å². The summed E-state index contributed by atoms with van der Waals surface area (Å²) in [6.07, 6.45) is 0.194. The first-order chi connectivity index (χ1) is 13.4. The summed E-state index contributed by atoms with van der Waals surface area (Å²) in [7, 11) is 0. The quantitative estimate of drug-likeness (QED) is 0.466. The lowest BCUT2D eigenvalue weighted by molar-refractivity contribution is -0.145. The summed E-state index contributed by atoms with van der Waals surface area (Å²) in [5.74, 6) is -0.740. The van der Waals surface area contributed by atoms with E-state index in [-0.39, 0.29) is 31.2 Å². The molecule has 146 valence electrons. The van der Waals surface area contributed by atoms with Gasteiger partial charge in [-0.15, -0.1) is 11.8 Å². The molecule has 0 aromatic heterocycles. The Hall–Kier alpha value is -2.49. The molecule has 0 aliphatic heterocycles. The molecule has 5 nitrogen and oxygen atoms in total. The first kappa shape index (κ1) is 21.8. The van der Waals surface area contributed by atoms with E-state index in [1.807, 2.05) is 50.2 Å². The zero-order valence-corrected chi connectivity index (χ0v) is 17.3. The number of halogens is 1. The highest BCUT2D eigenvalue weighted by Gasteiger charge is 2.18. The van der Waals surface area contributed by atoms with Crippen molar-refractivity contribution in [3.8, 4) is 6.07 Å². The second-order valence-electron chi connectivity index (χ2n) is 6.20. The first-order valence-corrected chi connectivity index (χ1v) is 10.0. The lowest BCUT2D eigenvalue weighted by atomic mass is 10.1. The van der Waals surface area contributed by atoms with Gasteiger partial charge in [0.15, 0.2) is 6.61 Å². The number of thioether (sulfide) groups is 1. The van der Waals surface area contributed by atoms with Crippen LogP contribution in [0.25, 0.3) is 0 Å². The van der Waals surface area contributed by atoms with E-state index in [0.717, 1.165) is 16.0 Å². The van der Waals surface area contributed by atoms with Gasteiger partial charge in [0.25, 0.3) is 5.91 Å². The molecule has 0 atom stereocenters. The standard InChI is InChI=1S/C21H21ClN2O3S/c1-15-10-16(2)12-18(11-15)24(9-3-8-23)20(25)13-27-21(26)14-28-19-6-4-17(22)5-7-19/h4-7,10-12H,3,9,13-14H2,1-2H3. The fourth-order valence-electron chi connectivity index (χ4n) is 2.60. The van der Waals surface area contributed by atoms with Crippen LogP contribution in [-0.4, -0.2) is 30.8 Å². The van der Waals surface area contributed by atoms with Gasteiger partial charge in [0.1, 0.15) is 0 Å². The third-order valence-corrected chi connectivity index (χ3v) is 5.03. The number of anilines is 1. The van der Waals surface area contributed by atoms with Gasteiger partial charge in [-0.25, -0.2) is 0 Å². The number of hydrogen-bond acceptors (Lipinski definition) is 5. The molecule has 0 saturated heterocycles. The predicted molar refractivity (Wildman–Crippen MR) is 112 cm³/mol. The molecule has 0 aliphatic rings. The van der Waals surface area contributed by atoms with Crippen molar-refractivity contribution in [1.82, 2.24) is 0 Å². The third kappa shape index (κ3) is 6.91. The van der Waals surface area contributed by atoms with Gasteiger partial charge in [-0.3, -0.25) is 9.59 Å². The van der Waals surface area contributed by atoms with E-state index in [1.165, 1.54) is 16.7 Å². The number of carbonyl (C=O) groups is 2. The van der Waals surface area contributed by atoms with Crippen LogP contribution >= 0.6 is 23.4 Å². The summed E-state index contributed by atoms with van der Waals surface area (Å²) in [6, 6.07) is 14.9. The Kier molecular flexibility index (Phi) is 8.37. The van der Waals surface area contributed by atoms with E-state index in [1.54, 1.807) is 12.1 Å². The van der Waals surface area contributed by atoms with Crippen LogP contribution in [0.2, 0.25) is 5.02 Å². The number of nitrogens with zero attached hydrogens (tertiary/aromatic N) is 2. The van der Waals surface area contributed by atoms with Gasteiger partial charge in [-0.1, -0.05) is 17.7 Å². The molecular weight excluding hydrogens is 396 g/mol. The fourth-order valence-corrected chi connectivity index (χ4v) is 3.42. The Balaban J connectivity index is 1.94. The lowest BCUT2D eigenvalue weighted by Gasteiger charge is -2.22. The van der Waals surface area contributed by atoms with E-state index in [2.05, 4.69) is 0 Å². The number of amides is 1. The van der Waals surface area contributed by atoms with Crippen LogP contribution in [0.1, 0.15) is 17.5 Å². The van der Waals surface area contributed by atoms with Crippen LogP contribution in [-0.2, 0) is 14.3 Å². The van der Waals surface area contributed by atoms with Crippen LogP contribution in [0.4, 0.5) is 5.69 Å². The predicted octanol–water partition coefficient (Wildman–Crippen LogP) is 4.54.